The van der Waals surface area contributed by atoms with Crippen LogP contribution in [0.2, 0.25) is 5.02 Å². The molecule has 38 heavy (non-hydrogen) atoms. The second-order valence-corrected chi connectivity index (χ2v) is 9.80. The lowest BCUT2D eigenvalue weighted by molar-refractivity contribution is -0.142. The summed E-state index contributed by atoms with van der Waals surface area (Å²) in [6, 6.07) is 10.5. The van der Waals surface area contributed by atoms with Gasteiger partial charge in [0.25, 0.3) is 5.91 Å². The molecule has 4 N–H and O–H groups in total. The van der Waals surface area contributed by atoms with Crippen LogP contribution in [0.3, 0.4) is 0 Å². The summed E-state index contributed by atoms with van der Waals surface area (Å²) in [6.45, 7) is 5.11. The van der Waals surface area contributed by atoms with Gasteiger partial charge < -0.3 is 21.1 Å². The average molecular weight is 549 g/mol. The number of hydrogen-bond donors (Lipinski definition) is 4. The maximum atomic E-state index is 12.8. The largest absolute Gasteiger partial charge is 0.480 e. The van der Waals surface area contributed by atoms with Gasteiger partial charge in [-0.3, -0.25) is 9.78 Å². The summed E-state index contributed by atoms with van der Waals surface area (Å²) in [5, 5.41) is 16.6. The van der Waals surface area contributed by atoms with E-state index in [2.05, 4.69) is 20.9 Å². The minimum absolute atomic E-state index is 0.0150. The number of hydrogen-bond acceptors (Lipinski definition) is 4. The number of carboxylic acid groups (broad SMARTS) is 1. The topological polar surface area (TPSA) is 120 Å². The number of nitrogens with zero attached hydrogens (tertiary/aromatic N) is 1. The number of carboxylic acids is 1. The van der Waals surface area contributed by atoms with Crippen molar-refractivity contribution < 1.29 is 32.7 Å². The molecule has 2 aromatic carbocycles. The van der Waals surface area contributed by atoms with Crippen molar-refractivity contribution >= 4 is 40.9 Å². The van der Waals surface area contributed by atoms with Crippen molar-refractivity contribution in [2.24, 2.45) is 5.41 Å². The molecule has 1 aromatic heterocycles. The first kappa shape index (κ1) is 28.5. The van der Waals surface area contributed by atoms with E-state index in [1.165, 1.54) is 12.3 Å². The van der Waals surface area contributed by atoms with E-state index >= 15 is 0 Å². The molecular formula is C26H24ClF3N4O4. The third-order valence-corrected chi connectivity index (χ3v) is 5.72. The molecule has 200 valence electrons. The molecule has 3 aromatic rings. The van der Waals surface area contributed by atoms with Crippen LogP contribution in [-0.2, 0) is 11.0 Å². The van der Waals surface area contributed by atoms with Crippen molar-refractivity contribution in [2.75, 3.05) is 10.6 Å². The van der Waals surface area contributed by atoms with Gasteiger partial charge in [-0.1, -0.05) is 50.6 Å². The zero-order valence-electron chi connectivity index (χ0n) is 20.5. The number of carbonyl (C=O) groups is 3. The Balaban J connectivity index is 1.63. The van der Waals surface area contributed by atoms with Gasteiger partial charge >= 0.3 is 18.2 Å². The molecule has 0 bridgehead atoms. The van der Waals surface area contributed by atoms with Crippen LogP contribution < -0.4 is 16.0 Å². The van der Waals surface area contributed by atoms with E-state index in [9.17, 15) is 32.7 Å². The van der Waals surface area contributed by atoms with E-state index in [-0.39, 0.29) is 16.4 Å². The average Bonchev–Trinajstić information content (AvgIpc) is 2.82. The van der Waals surface area contributed by atoms with Crippen molar-refractivity contribution in [1.82, 2.24) is 10.3 Å². The highest BCUT2D eigenvalue weighted by Gasteiger charge is 2.33. The summed E-state index contributed by atoms with van der Waals surface area (Å²) in [5.41, 5.74) is 0.237. The maximum Gasteiger partial charge on any atom is 0.416 e. The molecule has 0 unspecified atom stereocenters. The normalized spacial score (nSPS) is 12.4. The number of pyridine rings is 1. The summed E-state index contributed by atoms with van der Waals surface area (Å²) >= 11 is 5.86. The van der Waals surface area contributed by atoms with Crippen LogP contribution >= 0.6 is 11.6 Å². The minimum atomic E-state index is -4.55. The fourth-order valence-corrected chi connectivity index (χ4v) is 3.60. The Hall–Kier alpha value is -4.12. The molecule has 12 heteroatoms. The van der Waals surface area contributed by atoms with E-state index in [4.69, 9.17) is 11.6 Å². The van der Waals surface area contributed by atoms with Gasteiger partial charge in [-0.2, -0.15) is 13.2 Å². The van der Waals surface area contributed by atoms with Gasteiger partial charge in [0.05, 0.1) is 16.3 Å². The zero-order chi connectivity index (χ0) is 28.3. The van der Waals surface area contributed by atoms with E-state index in [1.807, 2.05) is 0 Å². The number of anilines is 2. The quantitative estimate of drug-likeness (QED) is 0.288. The zero-order valence-corrected chi connectivity index (χ0v) is 21.2. The Bertz CT molecular complexity index is 1340. The third-order valence-electron chi connectivity index (χ3n) is 5.41. The highest BCUT2D eigenvalue weighted by molar-refractivity contribution is 6.33. The van der Waals surface area contributed by atoms with Gasteiger partial charge in [0.2, 0.25) is 0 Å². The number of urea groups is 1. The number of benzene rings is 2. The summed E-state index contributed by atoms with van der Waals surface area (Å²) in [6.07, 6.45) is -3.09. The lowest BCUT2D eigenvalue weighted by Crippen LogP contribution is -2.49. The van der Waals surface area contributed by atoms with Gasteiger partial charge in [0, 0.05) is 17.4 Å². The smallest absolute Gasteiger partial charge is 0.416 e. The first-order chi connectivity index (χ1) is 17.6. The Labute approximate surface area is 221 Å². The number of alkyl halides is 3. The second kappa shape index (κ2) is 11.1. The second-order valence-electron chi connectivity index (χ2n) is 9.39. The standard InChI is InChI=1S/C26H24ClF3N4O4/c1-25(2,3)21(23(36)37)34-22(35)20-10-6-15(13-31-20)14-4-8-17(9-5-14)32-24(38)33-19-11-7-16(12-18(19)27)26(28,29)30/h4-13,21H,1-3H3,(H,34,35)(H,36,37)(H2,32,33,38)/t21-/m1/s1. The number of aliphatic carboxylic acids is 1. The number of halogens is 4. The van der Waals surface area contributed by atoms with Crippen LogP contribution in [0.5, 0.6) is 0 Å². The molecule has 0 saturated heterocycles. The van der Waals surface area contributed by atoms with Crippen LogP contribution in [0.4, 0.5) is 29.3 Å². The van der Waals surface area contributed by atoms with E-state index < -0.39 is 41.1 Å². The summed E-state index contributed by atoms with van der Waals surface area (Å²) in [4.78, 5) is 40.4. The molecule has 0 radical (unpaired) electrons. The number of nitrogens with one attached hydrogen (secondary N) is 3. The summed E-state index contributed by atoms with van der Waals surface area (Å²) in [5.74, 6) is -1.76. The Morgan fingerprint density at radius 2 is 1.55 bits per heavy atom. The van der Waals surface area contributed by atoms with Crippen LogP contribution in [0.1, 0.15) is 36.8 Å². The molecule has 1 atom stereocenters. The first-order valence-electron chi connectivity index (χ1n) is 11.2. The highest BCUT2D eigenvalue weighted by Crippen LogP contribution is 2.34. The molecule has 3 amide bonds. The van der Waals surface area contributed by atoms with Gasteiger partial charge in [0.15, 0.2) is 0 Å². The first-order valence-corrected chi connectivity index (χ1v) is 11.6. The van der Waals surface area contributed by atoms with Gasteiger partial charge in [-0.05, 0) is 47.4 Å². The SMILES string of the molecule is CC(C)(C)[C@H](NC(=O)c1ccc(-c2ccc(NC(=O)Nc3ccc(C(F)(F)F)cc3Cl)cc2)cn1)C(=O)O. The fraction of sp³-hybridized carbons (Fsp3) is 0.231. The molecule has 0 fully saturated rings. The molecule has 0 aliphatic rings. The number of carbonyl (C=O) groups excluding carboxylic acids is 2. The number of amides is 3. The van der Waals surface area contributed by atoms with Crippen molar-refractivity contribution in [1.29, 1.82) is 0 Å². The number of rotatable bonds is 6. The van der Waals surface area contributed by atoms with Crippen molar-refractivity contribution in [3.63, 3.8) is 0 Å². The van der Waals surface area contributed by atoms with Crippen LogP contribution in [0.15, 0.2) is 60.8 Å². The molecule has 3 rings (SSSR count). The van der Waals surface area contributed by atoms with Crippen LogP contribution in [-0.4, -0.2) is 34.0 Å². The van der Waals surface area contributed by atoms with Gasteiger partial charge in [-0.15, -0.1) is 0 Å². The Kier molecular flexibility index (Phi) is 8.31. The predicted molar refractivity (Wildman–Crippen MR) is 137 cm³/mol. The molecule has 0 aliphatic heterocycles. The van der Waals surface area contributed by atoms with Crippen molar-refractivity contribution in [2.45, 2.75) is 33.0 Å². The predicted octanol–water partition coefficient (Wildman–Crippen LogP) is 6.29. The molecule has 8 nitrogen and oxygen atoms in total. The molecule has 0 saturated carbocycles. The molecule has 0 spiro atoms. The van der Waals surface area contributed by atoms with Crippen LogP contribution in [0.25, 0.3) is 11.1 Å². The van der Waals surface area contributed by atoms with Gasteiger partial charge in [-0.25, -0.2) is 9.59 Å². The van der Waals surface area contributed by atoms with Crippen molar-refractivity contribution in [3.05, 3.63) is 77.1 Å². The van der Waals surface area contributed by atoms with Crippen molar-refractivity contribution in [3.8, 4) is 11.1 Å². The molecule has 0 aliphatic carbocycles. The lowest BCUT2D eigenvalue weighted by atomic mass is 9.86. The third kappa shape index (κ3) is 7.22. The molecular weight excluding hydrogens is 525 g/mol. The fourth-order valence-electron chi connectivity index (χ4n) is 3.38. The summed E-state index contributed by atoms with van der Waals surface area (Å²) < 4.78 is 38.3. The van der Waals surface area contributed by atoms with E-state index in [0.717, 1.165) is 23.8 Å². The van der Waals surface area contributed by atoms with Gasteiger partial charge in [0.1, 0.15) is 11.7 Å². The lowest BCUT2D eigenvalue weighted by Gasteiger charge is -2.27. The maximum absolute atomic E-state index is 12.8. The molecule has 1 heterocycles. The highest BCUT2D eigenvalue weighted by atomic mass is 35.5. The monoisotopic (exact) mass is 548 g/mol. The summed E-state index contributed by atoms with van der Waals surface area (Å²) in [7, 11) is 0. The van der Waals surface area contributed by atoms with E-state index in [0.29, 0.717) is 11.3 Å². The van der Waals surface area contributed by atoms with Crippen LogP contribution in [0, 0.1) is 5.41 Å². The minimum Gasteiger partial charge on any atom is -0.480 e. The Morgan fingerprint density at radius 1 is 0.921 bits per heavy atom. The Morgan fingerprint density at radius 3 is 2.05 bits per heavy atom. The number of aromatic nitrogens is 1. The van der Waals surface area contributed by atoms with E-state index in [1.54, 1.807) is 51.1 Å².